The maximum atomic E-state index is 12.4. The fourth-order valence-electron chi connectivity index (χ4n) is 3.21. The van der Waals surface area contributed by atoms with Crippen LogP contribution in [-0.4, -0.2) is 12.4 Å². The highest BCUT2D eigenvalue weighted by molar-refractivity contribution is 5.88. The lowest BCUT2D eigenvalue weighted by Gasteiger charge is -2.26. The number of para-hydroxylation sites is 1. The van der Waals surface area contributed by atoms with Gasteiger partial charge in [-0.05, 0) is 67.8 Å². The summed E-state index contributed by atoms with van der Waals surface area (Å²) < 4.78 is 35.0. The lowest BCUT2D eigenvalue weighted by atomic mass is 9.76. The van der Waals surface area contributed by atoms with Crippen LogP contribution >= 0.6 is 0 Å². The molecule has 0 radical (unpaired) electrons. The van der Waals surface area contributed by atoms with Crippen LogP contribution in [0.15, 0.2) is 84.9 Å². The highest BCUT2D eigenvalue weighted by atomic mass is 19.3. The Kier molecular flexibility index (Phi) is 7.19. The van der Waals surface area contributed by atoms with Crippen molar-refractivity contribution in [1.82, 2.24) is 0 Å². The first-order valence-corrected chi connectivity index (χ1v) is 9.93. The molecule has 3 rings (SSSR count). The number of allylic oxidation sites excluding steroid dienone is 1. The van der Waals surface area contributed by atoms with Crippen molar-refractivity contribution in [3.8, 4) is 17.2 Å². The van der Waals surface area contributed by atoms with Gasteiger partial charge in [-0.1, -0.05) is 54.6 Å². The van der Waals surface area contributed by atoms with Gasteiger partial charge in [-0.15, -0.1) is 0 Å². The Labute approximate surface area is 180 Å². The van der Waals surface area contributed by atoms with Crippen LogP contribution in [0, 0.1) is 0 Å². The van der Waals surface area contributed by atoms with Gasteiger partial charge in [0.25, 0.3) is 0 Å². The molecule has 0 aliphatic heterocycles. The quantitative estimate of drug-likeness (QED) is 0.371. The van der Waals surface area contributed by atoms with Gasteiger partial charge < -0.3 is 9.47 Å². The van der Waals surface area contributed by atoms with Gasteiger partial charge in [-0.2, -0.15) is 8.78 Å². The van der Waals surface area contributed by atoms with Crippen LogP contribution in [0.5, 0.6) is 17.2 Å². The van der Waals surface area contributed by atoms with Crippen LogP contribution in [-0.2, 0) is 10.2 Å². The molecular weight excluding hydrogens is 398 g/mol. The maximum Gasteiger partial charge on any atom is 0.387 e. The van der Waals surface area contributed by atoms with E-state index in [9.17, 15) is 13.6 Å². The number of rotatable bonds is 9. The molecule has 0 saturated heterocycles. The molecule has 31 heavy (non-hydrogen) atoms. The molecule has 0 spiro atoms. The Morgan fingerprint density at radius 2 is 1.61 bits per heavy atom. The highest BCUT2D eigenvalue weighted by Crippen LogP contribution is 2.31. The second kappa shape index (κ2) is 10.0. The first-order chi connectivity index (χ1) is 14.9. The molecule has 1 atom stereocenters. The van der Waals surface area contributed by atoms with E-state index in [0.29, 0.717) is 6.42 Å². The minimum atomic E-state index is -2.88. The summed E-state index contributed by atoms with van der Waals surface area (Å²) in [4.78, 5) is 12.4. The van der Waals surface area contributed by atoms with Crippen molar-refractivity contribution in [2.45, 2.75) is 32.3 Å². The van der Waals surface area contributed by atoms with Crippen molar-refractivity contribution in [3.63, 3.8) is 0 Å². The lowest BCUT2D eigenvalue weighted by molar-refractivity contribution is -0.121. The Bertz CT molecular complexity index is 1030. The SMILES string of the molecule is CC(=O)C(C)(CC=Cc1cccc(Oc2ccccc2)c1)c1ccc(OC(F)F)cc1. The highest BCUT2D eigenvalue weighted by Gasteiger charge is 2.30. The Morgan fingerprint density at radius 1 is 0.935 bits per heavy atom. The van der Waals surface area contributed by atoms with Gasteiger partial charge in [0.15, 0.2) is 0 Å². The smallest absolute Gasteiger partial charge is 0.387 e. The van der Waals surface area contributed by atoms with E-state index in [0.717, 1.165) is 22.6 Å². The average Bonchev–Trinajstić information content (AvgIpc) is 2.74. The first kappa shape index (κ1) is 22.2. The number of hydrogen-bond donors (Lipinski definition) is 0. The number of alkyl halides is 2. The number of benzene rings is 3. The third kappa shape index (κ3) is 6.01. The fraction of sp³-hybridized carbons (Fsp3) is 0.192. The number of halogens is 2. The largest absolute Gasteiger partial charge is 0.457 e. The van der Waals surface area contributed by atoms with E-state index in [1.54, 1.807) is 12.1 Å². The zero-order chi connectivity index (χ0) is 22.3. The number of carbonyl (C=O) groups is 1. The summed E-state index contributed by atoms with van der Waals surface area (Å²) in [5.74, 6) is 1.53. The molecule has 0 aliphatic rings. The van der Waals surface area contributed by atoms with Gasteiger partial charge in [0, 0.05) is 0 Å². The molecule has 0 saturated carbocycles. The zero-order valence-electron chi connectivity index (χ0n) is 17.4. The molecule has 0 aliphatic carbocycles. The van der Waals surface area contributed by atoms with Gasteiger partial charge in [0.2, 0.25) is 0 Å². The molecule has 3 aromatic rings. The van der Waals surface area contributed by atoms with Crippen molar-refractivity contribution >= 4 is 11.9 Å². The average molecular weight is 422 g/mol. The molecular formula is C26H24F2O3. The van der Waals surface area contributed by atoms with E-state index in [1.165, 1.54) is 19.1 Å². The van der Waals surface area contributed by atoms with Crippen molar-refractivity contribution in [2.24, 2.45) is 0 Å². The standard InChI is InChI=1S/C26H24F2O3/c1-19(29)26(2,21-13-15-23(16-14-21)31-25(27)28)17-7-9-20-8-6-12-24(18-20)30-22-10-4-3-5-11-22/h3-16,18,25H,17H2,1-2H3. The predicted molar refractivity (Wildman–Crippen MR) is 118 cm³/mol. The third-order valence-corrected chi connectivity index (χ3v) is 5.17. The monoisotopic (exact) mass is 422 g/mol. The Morgan fingerprint density at radius 3 is 2.26 bits per heavy atom. The minimum absolute atomic E-state index is 0.0131. The van der Waals surface area contributed by atoms with Gasteiger partial charge >= 0.3 is 6.61 Å². The second-order valence-electron chi connectivity index (χ2n) is 7.39. The molecule has 0 N–H and O–H groups in total. The van der Waals surface area contributed by atoms with Gasteiger partial charge in [-0.25, -0.2) is 0 Å². The Balaban J connectivity index is 1.72. The van der Waals surface area contributed by atoms with E-state index < -0.39 is 12.0 Å². The normalized spacial score (nSPS) is 13.2. The predicted octanol–water partition coefficient (Wildman–Crippen LogP) is 7.03. The molecule has 3 nitrogen and oxygen atoms in total. The van der Waals surface area contributed by atoms with Crippen LogP contribution in [0.25, 0.3) is 6.08 Å². The van der Waals surface area contributed by atoms with Crippen LogP contribution in [0.1, 0.15) is 31.4 Å². The number of ether oxygens (including phenoxy) is 2. The summed E-state index contributed by atoms with van der Waals surface area (Å²) >= 11 is 0. The summed E-state index contributed by atoms with van der Waals surface area (Å²) in [5.41, 5.74) is 0.908. The van der Waals surface area contributed by atoms with Crippen LogP contribution in [0.2, 0.25) is 0 Å². The second-order valence-corrected chi connectivity index (χ2v) is 7.39. The number of carbonyl (C=O) groups excluding carboxylic acids is 1. The number of hydrogen-bond acceptors (Lipinski definition) is 3. The van der Waals surface area contributed by atoms with Crippen molar-refractivity contribution in [3.05, 3.63) is 96.1 Å². The zero-order valence-corrected chi connectivity index (χ0v) is 17.4. The summed E-state index contributed by atoms with van der Waals surface area (Å²) in [7, 11) is 0. The van der Waals surface area contributed by atoms with E-state index >= 15 is 0 Å². The molecule has 3 aromatic carbocycles. The van der Waals surface area contributed by atoms with Gasteiger partial charge in [-0.3, -0.25) is 4.79 Å². The summed E-state index contributed by atoms with van der Waals surface area (Å²) in [6.07, 6.45) is 4.33. The van der Waals surface area contributed by atoms with Crippen LogP contribution in [0.4, 0.5) is 8.78 Å². The molecule has 0 amide bonds. The fourth-order valence-corrected chi connectivity index (χ4v) is 3.21. The topological polar surface area (TPSA) is 35.5 Å². The summed E-state index contributed by atoms with van der Waals surface area (Å²) in [6.45, 7) is 0.498. The Hall–Kier alpha value is -3.47. The lowest BCUT2D eigenvalue weighted by Crippen LogP contribution is -2.29. The minimum Gasteiger partial charge on any atom is -0.457 e. The van der Waals surface area contributed by atoms with Crippen molar-refractivity contribution in [2.75, 3.05) is 0 Å². The third-order valence-electron chi connectivity index (χ3n) is 5.17. The van der Waals surface area contributed by atoms with E-state index in [2.05, 4.69) is 4.74 Å². The molecule has 5 heteroatoms. The molecule has 0 fully saturated rings. The van der Waals surface area contributed by atoms with Gasteiger partial charge in [0.1, 0.15) is 23.0 Å². The maximum absolute atomic E-state index is 12.4. The molecule has 0 bridgehead atoms. The number of ketones is 1. The molecule has 160 valence electrons. The molecule has 0 aromatic heterocycles. The van der Waals surface area contributed by atoms with E-state index in [-0.39, 0.29) is 11.5 Å². The van der Waals surface area contributed by atoms with E-state index in [4.69, 9.17) is 4.74 Å². The molecule has 0 heterocycles. The molecule has 1 unspecified atom stereocenters. The van der Waals surface area contributed by atoms with Crippen LogP contribution < -0.4 is 9.47 Å². The van der Waals surface area contributed by atoms with Crippen LogP contribution in [0.3, 0.4) is 0 Å². The van der Waals surface area contributed by atoms with Crippen molar-refractivity contribution < 1.29 is 23.0 Å². The number of Topliss-reactive ketones (excluding diaryl/α,β-unsaturated/α-hetero) is 1. The van der Waals surface area contributed by atoms with E-state index in [1.807, 2.05) is 73.7 Å². The summed E-state index contributed by atoms with van der Waals surface area (Å²) in [5, 5.41) is 0. The first-order valence-electron chi connectivity index (χ1n) is 9.93. The van der Waals surface area contributed by atoms with Gasteiger partial charge in [0.05, 0.1) is 5.41 Å². The van der Waals surface area contributed by atoms with Crippen molar-refractivity contribution in [1.29, 1.82) is 0 Å². The summed E-state index contributed by atoms with van der Waals surface area (Å²) in [6, 6.07) is 23.4.